The first-order chi connectivity index (χ1) is 16.2. The zero-order chi connectivity index (χ0) is 28.1. The summed E-state index contributed by atoms with van der Waals surface area (Å²) in [6.45, 7) is 21.1. The van der Waals surface area contributed by atoms with Crippen LogP contribution in [0.3, 0.4) is 0 Å². The Morgan fingerprint density at radius 2 is 1.19 bits per heavy atom. The van der Waals surface area contributed by atoms with Gasteiger partial charge in [-0.1, -0.05) is 62.3 Å². The van der Waals surface area contributed by atoms with Crippen molar-refractivity contribution in [1.82, 2.24) is 20.0 Å². The fourth-order valence-electron chi connectivity index (χ4n) is 6.83. The van der Waals surface area contributed by atoms with Crippen LogP contribution in [-0.4, -0.2) is 118 Å². The van der Waals surface area contributed by atoms with Crippen LogP contribution in [0.2, 0.25) is 0 Å². The van der Waals surface area contributed by atoms with Crippen LogP contribution in [0, 0.1) is 16.2 Å². The lowest BCUT2D eigenvalue weighted by Gasteiger charge is -2.67. The number of carboxylic acids is 3. The first-order valence-corrected chi connectivity index (χ1v) is 12.8. The van der Waals surface area contributed by atoms with E-state index in [1.165, 1.54) is 0 Å². The smallest absolute Gasteiger partial charge is 0.317 e. The number of hydrogen-bond acceptors (Lipinski definition) is 7. The molecule has 1 rings (SSSR count). The maximum atomic E-state index is 12.2. The van der Waals surface area contributed by atoms with Crippen LogP contribution in [0.5, 0.6) is 0 Å². The van der Waals surface area contributed by atoms with Crippen LogP contribution >= 0.6 is 0 Å². The van der Waals surface area contributed by atoms with Crippen molar-refractivity contribution in [1.29, 1.82) is 0 Å². The highest BCUT2D eigenvalue weighted by Crippen LogP contribution is 2.55. The quantitative estimate of drug-likeness (QED) is 0.417. The molecule has 4 N–H and O–H groups in total. The highest BCUT2D eigenvalue weighted by molar-refractivity contribution is 5.70. The first-order valence-electron chi connectivity index (χ1n) is 12.8. The SMILES string of the molecule is CC(C)(C)C1N(CC(=O)O)CCN(CC(=O)O)CCNCCN(CC(=O)O)C1(C(C)(C)C)C(C)(C)C. The molecule has 210 valence electrons. The van der Waals surface area contributed by atoms with Crippen molar-refractivity contribution in [3.05, 3.63) is 0 Å². The third-order valence-corrected chi connectivity index (χ3v) is 7.26. The summed E-state index contributed by atoms with van der Waals surface area (Å²) in [5.41, 5.74) is -2.13. The summed E-state index contributed by atoms with van der Waals surface area (Å²) >= 11 is 0. The van der Waals surface area contributed by atoms with Crippen molar-refractivity contribution >= 4 is 17.9 Å². The van der Waals surface area contributed by atoms with Gasteiger partial charge in [0.25, 0.3) is 0 Å². The van der Waals surface area contributed by atoms with Crippen LogP contribution in [0.15, 0.2) is 0 Å². The van der Waals surface area contributed by atoms with E-state index in [9.17, 15) is 29.7 Å². The van der Waals surface area contributed by atoms with Crippen molar-refractivity contribution in [3.8, 4) is 0 Å². The minimum atomic E-state index is -0.968. The van der Waals surface area contributed by atoms with Gasteiger partial charge in [0.05, 0.1) is 19.6 Å². The molecule has 10 heteroatoms. The van der Waals surface area contributed by atoms with Gasteiger partial charge >= 0.3 is 17.9 Å². The standard InChI is InChI=1S/C26H50N4O6/c1-23(2,3)22-26(24(4,5)6,25(7,8)9)30(18-21(35)36)13-11-27-10-12-28(16-19(31)32)14-15-29(22)17-20(33)34/h22,27H,10-18H2,1-9H3,(H,31,32)(H,33,34)(H,35,36). The molecule has 1 fully saturated rings. The van der Waals surface area contributed by atoms with Gasteiger partial charge in [-0.2, -0.15) is 0 Å². The van der Waals surface area contributed by atoms with E-state index < -0.39 is 39.7 Å². The molecular formula is C26H50N4O6. The first kappa shape index (κ1) is 32.3. The average Bonchev–Trinajstić information content (AvgIpc) is 2.63. The Hall–Kier alpha value is -1.75. The molecular weight excluding hydrogens is 464 g/mol. The van der Waals surface area contributed by atoms with Gasteiger partial charge < -0.3 is 20.6 Å². The number of nitrogens with zero attached hydrogens (tertiary/aromatic N) is 3. The summed E-state index contributed by atoms with van der Waals surface area (Å²) in [5, 5.41) is 32.8. The van der Waals surface area contributed by atoms with Crippen LogP contribution in [0.25, 0.3) is 0 Å². The lowest BCUT2D eigenvalue weighted by atomic mass is 9.51. The Kier molecular flexibility index (Phi) is 10.9. The van der Waals surface area contributed by atoms with Gasteiger partial charge in [0, 0.05) is 50.8 Å². The number of carbonyl (C=O) groups is 3. The molecule has 0 amide bonds. The summed E-state index contributed by atoms with van der Waals surface area (Å²) < 4.78 is 0. The molecule has 0 spiro atoms. The Bertz CT molecular complexity index is 752. The molecule has 0 aromatic rings. The molecule has 1 atom stereocenters. The molecule has 0 saturated carbocycles. The van der Waals surface area contributed by atoms with Gasteiger partial charge in [-0.3, -0.25) is 29.1 Å². The molecule has 36 heavy (non-hydrogen) atoms. The summed E-state index contributed by atoms with van der Waals surface area (Å²) in [6.07, 6.45) is 0. The maximum Gasteiger partial charge on any atom is 0.317 e. The number of hydrogen-bond donors (Lipinski definition) is 4. The van der Waals surface area contributed by atoms with Gasteiger partial charge in [0.2, 0.25) is 0 Å². The normalized spacial score (nSPS) is 22.4. The number of aliphatic carboxylic acids is 3. The zero-order valence-electron chi connectivity index (χ0n) is 23.8. The summed E-state index contributed by atoms with van der Waals surface area (Å²) in [5.74, 6) is -2.82. The van der Waals surface area contributed by atoms with Gasteiger partial charge in [-0.25, -0.2) is 0 Å². The maximum absolute atomic E-state index is 12.2. The van der Waals surface area contributed by atoms with Crippen LogP contribution < -0.4 is 5.32 Å². The van der Waals surface area contributed by atoms with Gasteiger partial charge in [0.1, 0.15) is 0 Å². The highest BCUT2D eigenvalue weighted by Gasteiger charge is 2.63. The van der Waals surface area contributed by atoms with E-state index in [1.807, 2.05) is 9.80 Å². The lowest BCUT2D eigenvalue weighted by molar-refractivity contribution is -0.180. The monoisotopic (exact) mass is 514 g/mol. The fraction of sp³-hybridized carbons (Fsp3) is 0.885. The minimum Gasteiger partial charge on any atom is -0.480 e. The Balaban J connectivity index is 3.99. The summed E-state index contributed by atoms with van der Waals surface area (Å²) in [4.78, 5) is 41.7. The van der Waals surface area contributed by atoms with Gasteiger partial charge in [-0.05, 0) is 16.2 Å². The molecule has 0 bridgehead atoms. The predicted molar refractivity (Wildman–Crippen MR) is 140 cm³/mol. The largest absolute Gasteiger partial charge is 0.480 e. The number of nitrogens with one attached hydrogen (secondary N) is 1. The van der Waals surface area contributed by atoms with Crippen molar-refractivity contribution in [2.24, 2.45) is 16.2 Å². The minimum absolute atomic E-state index is 0.127. The molecule has 0 aromatic carbocycles. The summed E-state index contributed by atoms with van der Waals surface area (Å²) in [7, 11) is 0. The van der Waals surface area contributed by atoms with Crippen molar-refractivity contribution in [2.75, 3.05) is 58.9 Å². The topological polar surface area (TPSA) is 134 Å². The van der Waals surface area contributed by atoms with E-state index in [1.54, 1.807) is 0 Å². The second kappa shape index (κ2) is 12.2. The van der Waals surface area contributed by atoms with E-state index in [0.29, 0.717) is 39.3 Å². The second-order valence-corrected chi connectivity index (χ2v) is 13.1. The predicted octanol–water partition coefficient (Wildman–Crippen LogP) is 2.00. The Morgan fingerprint density at radius 3 is 1.61 bits per heavy atom. The molecule has 1 saturated heterocycles. The molecule has 1 heterocycles. The van der Waals surface area contributed by atoms with Crippen LogP contribution in [0.4, 0.5) is 0 Å². The Morgan fingerprint density at radius 1 is 0.722 bits per heavy atom. The van der Waals surface area contributed by atoms with Gasteiger partial charge in [-0.15, -0.1) is 0 Å². The highest BCUT2D eigenvalue weighted by atomic mass is 16.4. The summed E-state index contributed by atoms with van der Waals surface area (Å²) in [6, 6.07) is -0.369. The number of rotatable bonds is 6. The third kappa shape index (κ3) is 7.87. The third-order valence-electron chi connectivity index (χ3n) is 7.26. The molecule has 0 aromatic heterocycles. The second-order valence-electron chi connectivity index (χ2n) is 13.1. The molecule has 1 unspecified atom stereocenters. The lowest BCUT2D eigenvalue weighted by Crippen LogP contribution is -2.78. The molecule has 1 aliphatic heterocycles. The Labute approximate surface area is 217 Å². The van der Waals surface area contributed by atoms with E-state index in [4.69, 9.17) is 0 Å². The average molecular weight is 515 g/mol. The molecule has 10 nitrogen and oxygen atoms in total. The van der Waals surface area contributed by atoms with E-state index in [0.717, 1.165) is 0 Å². The van der Waals surface area contributed by atoms with E-state index in [-0.39, 0.29) is 25.7 Å². The fourth-order valence-corrected chi connectivity index (χ4v) is 6.83. The van der Waals surface area contributed by atoms with Crippen molar-refractivity contribution < 1.29 is 29.7 Å². The van der Waals surface area contributed by atoms with Crippen molar-refractivity contribution in [3.63, 3.8) is 0 Å². The molecule has 1 aliphatic rings. The van der Waals surface area contributed by atoms with E-state index in [2.05, 4.69) is 72.5 Å². The van der Waals surface area contributed by atoms with Crippen LogP contribution in [-0.2, 0) is 14.4 Å². The molecule has 0 aliphatic carbocycles. The zero-order valence-corrected chi connectivity index (χ0v) is 23.8. The van der Waals surface area contributed by atoms with Crippen molar-refractivity contribution in [2.45, 2.75) is 73.9 Å². The van der Waals surface area contributed by atoms with E-state index >= 15 is 0 Å². The van der Waals surface area contributed by atoms with Gasteiger partial charge in [0.15, 0.2) is 0 Å². The van der Waals surface area contributed by atoms with Crippen LogP contribution in [0.1, 0.15) is 62.3 Å². The number of carboxylic acid groups (broad SMARTS) is 3. The molecule has 0 radical (unpaired) electrons.